The molecule has 0 bridgehead atoms. The molecule has 2 rings (SSSR count). The monoisotopic (exact) mass is 333 g/mol. The van der Waals surface area contributed by atoms with Gasteiger partial charge in [0.1, 0.15) is 0 Å². The molecule has 2 N–H and O–H groups in total. The van der Waals surface area contributed by atoms with Crippen molar-refractivity contribution in [1.29, 1.82) is 0 Å². The topological polar surface area (TPSA) is 83.5 Å². The summed E-state index contributed by atoms with van der Waals surface area (Å²) in [7, 11) is -3.62. The molecule has 1 aromatic rings. The zero-order valence-electron chi connectivity index (χ0n) is 9.60. The van der Waals surface area contributed by atoms with E-state index in [1.807, 2.05) is 6.92 Å². The number of rotatable bonds is 4. The van der Waals surface area contributed by atoms with E-state index in [0.717, 1.165) is 12.8 Å². The van der Waals surface area contributed by atoms with E-state index in [1.54, 1.807) is 0 Å². The van der Waals surface area contributed by atoms with Crippen molar-refractivity contribution in [1.82, 2.24) is 4.72 Å². The molecule has 0 unspecified atom stereocenters. The number of hydrogen-bond acceptors (Lipinski definition) is 3. The van der Waals surface area contributed by atoms with Gasteiger partial charge in [0.25, 0.3) is 0 Å². The Morgan fingerprint density at radius 2 is 2.06 bits per heavy atom. The summed E-state index contributed by atoms with van der Waals surface area (Å²) in [6, 6.07) is 3.85. The van der Waals surface area contributed by atoms with Gasteiger partial charge >= 0.3 is 5.97 Å². The first kappa shape index (κ1) is 13.5. The first-order valence-electron chi connectivity index (χ1n) is 5.30. The highest BCUT2D eigenvalue weighted by Crippen LogP contribution is 2.36. The van der Waals surface area contributed by atoms with Gasteiger partial charge in [-0.15, -0.1) is 0 Å². The van der Waals surface area contributed by atoms with E-state index in [2.05, 4.69) is 20.7 Å². The Bertz CT molecular complexity index is 607. The van der Waals surface area contributed by atoms with E-state index in [4.69, 9.17) is 5.11 Å². The minimum absolute atomic E-state index is 0.0402. The van der Waals surface area contributed by atoms with Gasteiger partial charge in [0.05, 0.1) is 10.5 Å². The smallest absolute Gasteiger partial charge is 0.335 e. The fourth-order valence-corrected chi connectivity index (χ4v) is 4.06. The molecule has 0 spiro atoms. The third kappa shape index (κ3) is 2.73. The zero-order chi connectivity index (χ0) is 13.6. The normalized spacial score (nSPS) is 17.4. The van der Waals surface area contributed by atoms with Crippen LogP contribution in [-0.4, -0.2) is 25.0 Å². The summed E-state index contributed by atoms with van der Waals surface area (Å²) in [5, 5.41) is 8.81. The summed E-state index contributed by atoms with van der Waals surface area (Å²) in [6.45, 7) is 1.84. The number of aromatic carboxylic acids is 1. The number of sulfonamides is 1. The van der Waals surface area contributed by atoms with E-state index < -0.39 is 16.0 Å². The molecule has 1 saturated carbocycles. The molecule has 98 valence electrons. The number of nitrogens with one attached hydrogen (secondary N) is 1. The van der Waals surface area contributed by atoms with Gasteiger partial charge in [0.2, 0.25) is 10.0 Å². The van der Waals surface area contributed by atoms with Crippen molar-refractivity contribution < 1.29 is 18.3 Å². The summed E-state index contributed by atoms with van der Waals surface area (Å²) in [6.07, 6.45) is 1.63. The average molecular weight is 334 g/mol. The van der Waals surface area contributed by atoms with Gasteiger partial charge < -0.3 is 5.11 Å². The lowest BCUT2D eigenvalue weighted by atomic mass is 10.2. The SMILES string of the molecule is CC1(NS(=O)(=O)c2ccc(C(=O)O)cc2Br)CC1. The van der Waals surface area contributed by atoms with Crippen LogP contribution in [0.15, 0.2) is 27.6 Å². The van der Waals surface area contributed by atoms with Crippen molar-refractivity contribution in [2.45, 2.75) is 30.2 Å². The van der Waals surface area contributed by atoms with Gasteiger partial charge in [-0.2, -0.15) is 0 Å². The van der Waals surface area contributed by atoms with Crippen molar-refractivity contribution in [2.24, 2.45) is 0 Å². The quantitative estimate of drug-likeness (QED) is 0.882. The average Bonchev–Trinajstić information content (AvgIpc) is 2.93. The molecule has 1 aliphatic rings. The van der Waals surface area contributed by atoms with E-state index >= 15 is 0 Å². The number of carbonyl (C=O) groups is 1. The van der Waals surface area contributed by atoms with Crippen LogP contribution in [0.5, 0.6) is 0 Å². The third-order valence-corrected chi connectivity index (χ3v) is 5.46. The van der Waals surface area contributed by atoms with Crippen LogP contribution < -0.4 is 4.72 Å². The number of carboxylic acids is 1. The minimum Gasteiger partial charge on any atom is -0.478 e. The highest BCUT2D eigenvalue weighted by molar-refractivity contribution is 9.10. The molecule has 1 aromatic carbocycles. The Balaban J connectivity index is 2.36. The molecule has 7 heteroatoms. The lowest BCUT2D eigenvalue weighted by Gasteiger charge is -2.13. The molecule has 0 saturated heterocycles. The number of carboxylic acid groups (broad SMARTS) is 1. The lowest BCUT2D eigenvalue weighted by Crippen LogP contribution is -2.34. The van der Waals surface area contributed by atoms with Gasteiger partial charge in [-0.3, -0.25) is 0 Å². The molecule has 1 aliphatic carbocycles. The van der Waals surface area contributed by atoms with Crippen molar-refractivity contribution in [3.8, 4) is 0 Å². The van der Waals surface area contributed by atoms with E-state index in [9.17, 15) is 13.2 Å². The van der Waals surface area contributed by atoms with Gasteiger partial charge in [-0.05, 0) is 53.9 Å². The molecule has 5 nitrogen and oxygen atoms in total. The molecule has 1 fully saturated rings. The second-order valence-corrected chi connectivity index (χ2v) is 7.12. The molecule has 0 atom stereocenters. The molecule has 0 aromatic heterocycles. The highest BCUT2D eigenvalue weighted by Gasteiger charge is 2.41. The Morgan fingerprint density at radius 1 is 1.44 bits per heavy atom. The van der Waals surface area contributed by atoms with Crippen molar-refractivity contribution in [3.05, 3.63) is 28.2 Å². The standard InChI is InChI=1S/C11H12BrNO4S/c1-11(4-5-11)13-18(16,17)9-3-2-7(10(14)15)6-8(9)12/h2-3,6,13H,4-5H2,1H3,(H,14,15). The second kappa shape index (κ2) is 4.32. The van der Waals surface area contributed by atoms with Crippen molar-refractivity contribution in [2.75, 3.05) is 0 Å². The summed E-state index contributed by atoms with van der Waals surface area (Å²) in [5.74, 6) is -1.10. The molecular weight excluding hydrogens is 322 g/mol. The molecule has 0 heterocycles. The highest BCUT2D eigenvalue weighted by atomic mass is 79.9. The zero-order valence-corrected chi connectivity index (χ0v) is 12.0. The van der Waals surface area contributed by atoms with Crippen LogP contribution in [0.3, 0.4) is 0 Å². The summed E-state index contributed by atoms with van der Waals surface area (Å²) in [5.41, 5.74) is -0.317. The van der Waals surface area contributed by atoms with Crippen LogP contribution in [0.2, 0.25) is 0 Å². The first-order valence-corrected chi connectivity index (χ1v) is 7.58. The van der Waals surface area contributed by atoms with Crippen LogP contribution in [0.1, 0.15) is 30.1 Å². The minimum atomic E-state index is -3.62. The predicted molar refractivity (Wildman–Crippen MR) is 69.1 cm³/mol. The molecule has 0 aliphatic heterocycles. The molecule has 0 radical (unpaired) electrons. The van der Waals surface area contributed by atoms with Gasteiger partial charge in [0, 0.05) is 10.0 Å². The fraction of sp³-hybridized carbons (Fsp3) is 0.364. The van der Waals surface area contributed by atoms with Crippen molar-refractivity contribution >= 4 is 31.9 Å². The lowest BCUT2D eigenvalue weighted by molar-refractivity contribution is 0.0696. The maximum Gasteiger partial charge on any atom is 0.335 e. The van der Waals surface area contributed by atoms with E-state index in [0.29, 0.717) is 0 Å². The Morgan fingerprint density at radius 3 is 2.50 bits per heavy atom. The summed E-state index contributed by atoms with van der Waals surface area (Å²) in [4.78, 5) is 10.8. The summed E-state index contributed by atoms with van der Waals surface area (Å²) < 4.78 is 27.1. The van der Waals surface area contributed by atoms with Gasteiger partial charge in [-0.25, -0.2) is 17.9 Å². The second-order valence-electron chi connectivity index (χ2n) is 4.62. The molecule has 0 amide bonds. The largest absolute Gasteiger partial charge is 0.478 e. The summed E-state index contributed by atoms with van der Waals surface area (Å²) >= 11 is 3.10. The van der Waals surface area contributed by atoms with Crippen LogP contribution in [0, 0.1) is 0 Å². The fourth-order valence-electron chi connectivity index (χ4n) is 1.52. The van der Waals surface area contributed by atoms with Crippen LogP contribution in [0.4, 0.5) is 0 Å². The molecular formula is C11H12BrNO4S. The van der Waals surface area contributed by atoms with Crippen molar-refractivity contribution in [3.63, 3.8) is 0 Å². The van der Waals surface area contributed by atoms with Crippen LogP contribution in [0.25, 0.3) is 0 Å². The Hall–Kier alpha value is -0.920. The number of halogens is 1. The van der Waals surface area contributed by atoms with Gasteiger partial charge in [-0.1, -0.05) is 0 Å². The number of hydrogen-bond donors (Lipinski definition) is 2. The van der Waals surface area contributed by atoms with E-state index in [1.165, 1.54) is 18.2 Å². The third-order valence-electron chi connectivity index (χ3n) is 2.85. The molecule has 18 heavy (non-hydrogen) atoms. The predicted octanol–water partition coefficient (Wildman–Crippen LogP) is 1.98. The van der Waals surface area contributed by atoms with Gasteiger partial charge in [0.15, 0.2) is 0 Å². The Labute approximate surface area is 113 Å². The number of benzene rings is 1. The first-order chi connectivity index (χ1) is 8.23. The van der Waals surface area contributed by atoms with E-state index in [-0.39, 0.29) is 20.5 Å². The van der Waals surface area contributed by atoms with Crippen LogP contribution in [-0.2, 0) is 10.0 Å². The maximum absolute atomic E-state index is 12.1. The Kier molecular flexibility index (Phi) is 3.25. The van der Waals surface area contributed by atoms with Crippen LogP contribution >= 0.6 is 15.9 Å². The maximum atomic E-state index is 12.1.